The van der Waals surface area contributed by atoms with Gasteiger partial charge in [0.15, 0.2) is 0 Å². The number of carbonyl (C=O) groups excluding carboxylic acids is 3. The third-order valence-electron chi connectivity index (χ3n) is 8.27. The third kappa shape index (κ3) is 4.10. The van der Waals surface area contributed by atoms with Gasteiger partial charge in [0, 0.05) is 13.1 Å². The van der Waals surface area contributed by atoms with Crippen molar-refractivity contribution in [1.29, 1.82) is 0 Å². The van der Waals surface area contributed by atoms with Crippen molar-refractivity contribution < 1.29 is 29.0 Å². The number of benzene rings is 1. The summed E-state index contributed by atoms with van der Waals surface area (Å²) in [6, 6.07) is 7.43. The molecule has 1 aromatic rings. The lowest BCUT2D eigenvalue weighted by atomic mass is 9.74. The van der Waals surface area contributed by atoms with Crippen molar-refractivity contribution in [3.8, 4) is 0 Å². The molecule has 0 bridgehead atoms. The maximum Gasteiger partial charge on any atom is 0.313 e. The maximum atomic E-state index is 14.4. The largest absolute Gasteiger partial charge is 0.465 e. The number of aliphatic hydroxyl groups excluding tert-OH is 1. The number of esters is 1. The van der Waals surface area contributed by atoms with E-state index in [-0.39, 0.29) is 25.0 Å². The zero-order valence-electron chi connectivity index (χ0n) is 21.5. The Bertz CT molecular complexity index is 1100. The first-order valence-electron chi connectivity index (χ1n) is 13.4. The van der Waals surface area contributed by atoms with Crippen molar-refractivity contribution in [1.82, 2.24) is 9.80 Å². The Morgan fingerprint density at radius 3 is 2.57 bits per heavy atom. The summed E-state index contributed by atoms with van der Waals surface area (Å²) < 4.78 is 12.3. The molecular formula is C29H36N2O6. The van der Waals surface area contributed by atoms with E-state index in [9.17, 15) is 19.5 Å². The summed E-state index contributed by atoms with van der Waals surface area (Å²) in [5.74, 6) is -2.95. The summed E-state index contributed by atoms with van der Waals surface area (Å²) in [5, 5.41) is 10.5. The van der Waals surface area contributed by atoms with Gasteiger partial charge in [0.05, 0.1) is 30.8 Å². The van der Waals surface area contributed by atoms with Crippen molar-refractivity contribution in [3.63, 3.8) is 0 Å². The molecule has 4 aliphatic heterocycles. The van der Waals surface area contributed by atoms with Crippen LogP contribution in [0.15, 0.2) is 54.6 Å². The molecule has 0 saturated carbocycles. The Kier molecular flexibility index (Phi) is 6.98. The minimum absolute atomic E-state index is 0.221. The van der Waals surface area contributed by atoms with Gasteiger partial charge in [-0.05, 0) is 25.3 Å². The van der Waals surface area contributed by atoms with Gasteiger partial charge >= 0.3 is 5.97 Å². The quantitative estimate of drug-likeness (QED) is 0.346. The van der Waals surface area contributed by atoms with E-state index >= 15 is 0 Å². The van der Waals surface area contributed by atoms with Crippen molar-refractivity contribution in [2.75, 3.05) is 26.3 Å². The first-order chi connectivity index (χ1) is 17.9. The van der Waals surface area contributed by atoms with Crippen LogP contribution in [-0.4, -0.2) is 76.2 Å². The van der Waals surface area contributed by atoms with Crippen molar-refractivity contribution in [2.45, 2.75) is 62.8 Å². The lowest BCUT2D eigenvalue weighted by Gasteiger charge is -2.40. The highest BCUT2D eigenvalue weighted by Gasteiger charge is 2.75. The molecule has 1 aromatic carbocycles. The molecule has 0 aliphatic carbocycles. The number of nitrogens with zero attached hydrogens (tertiary/aromatic N) is 2. The Labute approximate surface area is 217 Å². The molecule has 0 aromatic heterocycles. The lowest BCUT2D eigenvalue weighted by molar-refractivity contribution is -0.162. The smallest absolute Gasteiger partial charge is 0.313 e. The van der Waals surface area contributed by atoms with Crippen LogP contribution < -0.4 is 0 Å². The van der Waals surface area contributed by atoms with E-state index in [1.807, 2.05) is 54.6 Å². The van der Waals surface area contributed by atoms with Crippen LogP contribution in [0.5, 0.6) is 0 Å². The van der Waals surface area contributed by atoms with Gasteiger partial charge in [0.2, 0.25) is 11.8 Å². The monoisotopic (exact) mass is 508 g/mol. The van der Waals surface area contributed by atoms with Gasteiger partial charge in [-0.15, -0.1) is 0 Å². The summed E-state index contributed by atoms with van der Waals surface area (Å²) in [5.41, 5.74) is -1.75. The zero-order chi connectivity index (χ0) is 26.2. The minimum atomic E-state index is -1.36. The molecule has 2 fully saturated rings. The molecule has 8 heteroatoms. The summed E-state index contributed by atoms with van der Waals surface area (Å²) in [6.45, 7) is 4.73. The molecule has 4 heterocycles. The molecule has 6 atom stereocenters. The second kappa shape index (κ2) is 10.1. The van der Waals surface area contributed by atoms with E-state index < -0.39 is 41.1 Å². The highest BCUT2D eigenvalue weighted by Crippen LogP contribution is 2.58. The molecule has 1 unspecified atom stereocenters. The van der Waals surface area contributed by atoms with Crippen molar-refractivity contribution in [3.05, 3.63) is 60.2 Å². The van der Waals surface area contributed by atoms with Gasteiger partial charge in [-0.1, -0.05) is 74.4 Å². The predicted octanol–water partition coefficient (Wildman–Crippen LogP) is 2.78. The number of ether oxygens (including phenoxy) is 2. The molecule has 1 spiro atoms. The van der Waals surface area contributed by atoms with E-state index in [0.717, 1.165) is 24.8 Å². The predicted molar refractivity (Wildman–Crippen MR) is 136 cm³/mol. The lowest BCUT2D eigenvalue weighted by Crippen LogP contribution is -2.57. The molecular weight excluding hydrogens is 472 g/mol. The molecule has 2 saturated heterocycles. The van der Waals surface area contributed by atoms with Gasteiger partial charge in [-0.2, -0.15) is 0 Å². The van der Waals surface area contributed by atoms with Crippen LogP contribution >= 0.6 is 0 Å². The number of likely N-dealkylation sites (tertiary alicyclic amines) is 1. The SMILES string of the molecule is CCCCCN1CC=C[C@]23O[C@@]4(C)C=CCCOC(=O)[C@H]4[C@H]2C(=O)N([C@H](CO)c2ccccc2)C3C1=O. The average Bonchev–Trinajstić information content (AvgIpc) is 3.21. The number of carbonyl (C=O) groups is 3. The molecule has 2 amide bonds. The fourth-order valence-electron chi connectivity index (χ4n) is 6.59. The van der Waals surface area contributed by atoms with E-state index in [0.29, 0.717) is 19.5 Å². The Hall–Kier alpha value is -2.97. The highest BCUT2D eigenvalue weighted by molar-refractivity contribution is 5.99. The number of amides is 2. The molecule has 198 valence electrons. The van der Waals surface area contributed by atoms with Crippen LogP contribution in [0.2, 0.25) is 0 Å². The van der Waals surface area contributed by atoms with Crippen molar-refractivity contribution >= 4 is 17.8 Å². The fourth-order valence-corrected chi connectivity index (χ4v) is 6.59. The third-order valence-corrected chi connectivity index (χ3v) is 8.27. The number of hydrogen-bond acceptors (Lipinski definition) is 6. The number of aliphatic hydroxyl groups is 1. The van der Waals surface area contributed by atoms with E-state index in [4.69, 9.17) is 9.47 Å². The summed E-state index contributed by atoms with van der Waals surface area (Å²) in [4.78, 5) is 45.3. The van der Waals surface area contributed by atoms with Crippen molar-refractivity contribution in [2.24, 2.45) is 11.8 Å². The Morgan fingerprint density at radius 1 is 1.05 bits per heavy atom. The van der Waals surface area contributed by atoms with E-state index in [1.54, 1.807) is 11.8 Å². The van der Waals surface area contributed by atoms with Crippen LogP contribution in [-0.2, 0) is 23.9 Å². The molecule has 5 rings (SSSR count). The first kappa shape index (κ1) is 25.7. The van der Waals surface area contributed by atoms with Crippen LogP contribution in [0.3, 0.4) is 0 Å². The average molecular weight is 509 g/mol. The van der Waals surface area contributed by atoms with Gasteiger partial charge in [0.1, 0.15) is 17.6 Å². The molecule has 4 aliphatic rings. The summed E-state index contributed by atoms with van der Waals surface area (Å²) in [7, 11) is 0. The Balaban J connectivity index is 1.65. The summed E-state index contributed by atoms with van der Waals surface area (Å²) >= 11 is 0. The summed E-state index contributed by atoms with van der Waals surface area (Å²) in [6.07, 6.45) is 10.9. The van der Waals surface area contributed by atoms with Gasteiger partial charge in [-0.3, -0.25) is 14.4 Å². The van der Waals surface area contributed by atoms with Crippen LogP contribution in [0.4, 0.5) is 0 Å². The van der Waals surface area contributed by atoms with Crippen LogP contribution in [0, 0.1) is 11.8 Å². The highest BCUT2D eigenvalue weighted by atomic mass is 16.6. The topological polar surface area (TPSA) is 96.4 Å². The van der Waals surface area contributed by atoms with Gasteiger partial charge < -0.3 is 24.4 Å². The number of rotatable bonds is 7. The molecule has 8 nitrogen and oxygen atoms in total. The van der Waals surface area contributed by atoms with Gasteiger partial charge in [-0.25, -0.2) is 0 Å². The zero-order valence-corrected chi connectivity index (χ0v) is 21.5. The maximum absolute atomic E-state index is 14.4. The van der Waals surface area contributed by atoms with E-state index in [1.165, 1.54) is 4.90 Å². The molecule has 0 radical (unpaired) electrons. The standard InChI is InChI=1S/C29H36N2O6/c1-3-4-9-16-30-17-11-15-29-22(23-27(35)36-18-10-8-14-28(23,2)37-29)25(33)31(24(29)26(30)34)21(19-32)20-12-6-5-7-13-20/h5-8,11-15,21-24,32H,3-4,9-10,16-19H2,1-2H3/t21-,22+,23-,24?,28+,29+/m1/s1. The number of unbranched alkanes of at least 4 members (excludes halogenated alkanes) is 2. The fraction of sp³-hybridized carbons (Fsp3) is 0.552. The van der Waals surface area contributed by atoms with Gasteiger partial charge in [0.25, 0.3) is 0 Å². The Morgan fingerprint density at radius 2 is 1.84 bits per heavy atom. The van der Waals surface area contributed by atoms with Crippen LogP contribution in [0.1, 0.15) is 51.1 Å². The molecule has 1 N–H and O–H groups in total. The number of hydrogen-bond donors (Lipinski definition) is 1. The number of cyclic esters (lactones) is 1. The second-order valence-corrected chi connectivity index (χ2v) is 10.6. The van der Waals surface area contributed by atoms with Crippen LogP contribution in [0.25, 0.3) is 0 Å². The number of fused-ring (bicyclic) bond motifs is 2. The second-order valence-electron chi connectivity index (χ2n) is 10.6. The molecule has 37 heavy (non-hydrogen) atoms. The van der Waals surface area contributed by atoms with E-state index in [2.05, 4.69) is 6.92 Å². The first-order valence-corrected chi connectivity index (χ1v) is 13.4. The normalized spacial score (nSPS) is 33.8. The minimum Gasteiger partial charge on any atom is -0.465 e.